The minimum atomic E-state index is -2.53. The molecular formula is C132H138N12O6+6. The number of pyridine rings is 12. The van der Waals surface area contributed by atoms with E-state index in [-0.39, 0.29) is 45.3 Å². The van der Waals surface area contributed by atoms with Crippen molar-refractivity contribution in [2.45, 2.75) is 201 Å². The second-order valence-corrected chi connectivity index (χ2v) is 39.6. The van der Waals surface area contributed by atoms with Crippen LogP contribution in [0.4, 0.5) is 0 Å². The number of nitrogens with zero attached hydrogens (tertiary/aromatic N) is 12. The maximum absolute atomic E-state index is 8.83. The second kappa shape index (κ2) is 41.6. The van der Waals surface area contributed by atoms with E-state index in [4.69, 9.17) is 68.5 Å². The number of fused-ring (bicyclic) bond motifs is 18. The Hall–Kier alpha value is -16.1. The summed E-state index contributed by atoms with van der Waals surface area (Å²) < 4.78 is 259. The van der Waals surface area contributed by atoms with Gasteiger partial charge in [-0.05, 0) is 292 Å². The molecule has 6 aromatic carbocycles. The van der Waals surface area contributed by atoms with E-state index >= 15 is 0 Å². The van der Waals surface area contributed by atoms with Gasteiger partial charge in [-0.25, -0.2) is 42.4 Å². The van der Waals surface area contributed by atoms with E-state index in [1.54, 1.807) is 109 Å². The van der Waals surface area contributed by atoms with Gasteiger partial charge in [0.1, 0.15) is 92.4 Å². The molecule has 0 saturated heterocycles. The molecule has 18 heteroatoms. The zero-order chi connectivity index (χ0) is 129. The van der Waals surface area contributed by atoms with Crippen molar-refractivity contribution in [2.24, 2.45) is 42.3 Å². The smallest absolute Gasteiger partial charge is 0.227 e. The molecule has 5 atom stereocenters. The highest BCUT2D eigenvalue weighted by Crippen LogP contribution is 2.44. The van der Waals surface area contributed by atoms with Crippen molar-refractivity contribution in [3.05, 3.63) is 357 Å². The van der Waals surface area contributed by atoms with Crippen LogP contribution in [0.25, 0.3) is 200 Å². The molecule has 0 saturated carbocycles. The summed E-state index contributed by atoms with van der Waals surface area (Å²) in [6.45, 7) is 14.1. The summed E-state index contributed by atoms with van der Waals surface area (Å²) in [6, 6.07) is 62.7. The van der Waals surface area contributed by atoms with Gasteiger partial charge in [-0.15, -0.1) is 0 Å². The Morgan fingerprint density at radius 3 is 1.03 bits per heavy atom. The van der Waals surface area contributed by atoms with E-state index in [0.29, 0.717) is 66.7 Å². The molecule has 756 valence electrons. The Morgan fingerprint density at radius 2 is 0.593 bits per heavy atom. The lowest BCUT2D eigenvalue weighted by Gasteiger charge is -2.14. The Labute approximate surface area is 916 Å². The van der Waals surface area contributed by atoms with Gasteiger partial charge in [0.05, 0.1) is 51.5 Å². The summed E-state index contributed by atoms with van der Waals surface area (Å²) in [5.74, 6) is -9.94. The quantitative estimate of drug-likeness (QED) is 0.106. The van der Waals surface area contributed by atoms with Crippen molar-refractivity contribution in [2.75, 3.05) is 0 Å². The highest BCUT2D eigenvalue weighted by atomic mass is 16.4. The number of rotatable bonds is 12. The average Bonchev–Trinajstić information content (AvgIpc) is 1.59. The summed E-state index contributed by atoms with van der Waals surface area (Å²) in [5, 5.41) is 8.29. The maximum Gasteiger partial charge on any atom is 0.227 e. The Balaban J connectivity index is 0.000000129. The first-order chi connectivity index (χ1) is 82.1. The predicted molar refractivity (Wildman–Crippen MR) is 610 cm³/mol. The number of hydrogen-bond donors (Lipinski definition) is 0. The topological polar surface area (TPSA) is 179 Å². The van der Waals surface area contributed by atoms with E-state index in [2.05, 4.69) is 163 Å². The number of benzene rings is 6. The minimum absolute atomic E-state index is 0.118. The monoisotopic (exact) mass is 2010 g/mol. The average molecular weight is 2020 g/mol. The molecule has 0 radical (unpaired) electrons. The lowest BCUT2D eigenvalue weighted by atomic mass is 9.92. The highest BCUT2D eigenvalue weighted by Gasteiger charge is 2.30. The Kier molecular flexibility index (Phi) is 20.5. The molecule has 0 aliphatic heterocycles. The second-order valence-electron chi connectivity index (χ2n) is 39.6. The van der Waals surface area contributed by atoms with Crippen LogP contribution in [0, 0.1) is 82.9 Å². The van der Waals surface area contributed by atoms with Crippen LogP contribution in [0.1, 0.15) is 256 Å². The van der Waals surface area contributed by atoms with Crippen molar-refractivity contribution < 1.29 is 90.9 Å². The van der Waals surface area contributed by atoms with Crippen molar-refractivity contribution in [3.8, 4) is 67.5 Å². The van der Waals surface area contributed by atoms with Gasteiger partial charge < -0.3 is 26.5 Å². The van der Waals surface area contributed by atoms with Gasteiger partial charge in [0.2, 0.25) is 39.9 Å². The highest BCUT2D eigenvalue weighted by molar-refractivity contribution is 6.11. The molecule has 18 aromatic heterocycles. The molecule has 0 N–H and O–H groups in total. The molecule has 18 nitrogen and oxygen atoms in total. The Morgan fingerprint density at radius 1 is 0.253 bits per heavy atom. The van der Waals surface area contributed by atoms with Crippen LogP contribution in [0.3, 0.4) is 0 Å². The molecule has 18 heterocycles. The van der Waals surface area contributed by atoms with Gasteiger partial charge >= 0.3 is 0 Å². The van der Waals surface area contributed by atoms with E-state index in [0.717, 1.165) is 166 Å². The molecular weight excluding hydrogens is 1850 g/mol. The van der Waals surface area contributed by atoms with E-state index in [9.17, 15) is 0 Å². The number of aromatic nitrogens is 12. The number of aryl methyl sites for hydroxylation is 18. The SMILES string of the molecule is [2H]C(C)(C)c1c(-c2ccc(C)c[n+]2C)c(C)nc2c1oc1ccccc12.[2H]C([2H])([2H])C([2H])(C)c1cc2c(cn1)oc1cc(-c3ccc(C)c[n+]3C)c(C)cc12.[2H]C([2H])([2H])C([2H])(C)c1cc2oc3cc(-c4ccc(C)c[n+]4C)c(C)cc3c2cn1.[2H]C([2H])([2H])C([2H])(C)c1ccc2oc3cc(-c4ccc(C)c[n+]4C)c(C)cc3c2n1.[2H]C([2H])([2H])c1ccc(-c2cc3oc4cnc(C([2H])(C)C([2H])([2H])[2H])cc4c3cc2C)[n+](C)c1.[2H]C([2H])([2H])c1ccc(-c2cc3oc4nc(C([2H])(C)C([2H])([2H])[2H])ccc4c3cc2C)[n+](C)c1. The van der Waals surface area contributed by atoms with Crippen LogP contribution < -0.4 is 27.4 Å². The number of furan rings is 6. The fraction of sp³-hybridized carbons (Fsp3) is 0.273. The largest absolute Gasteiger partial charge is 0.456 e. The third kappa shape index (κ3) is 20.3. The molecule has 0 fully saturated rings. The third-order valence-corrected chi connectivity index (χ3v) is 27.6. The molecule has 0 bridgehead atoms. The molecule has 0 spiro atoms. The number of hydrogen-bond acceptors (Lipinski definition) is 12. The van der Waals surface area contributed by atoms with Crippen LogP contribution >= 0.6 is 0 Å². The maximum atomic E-state index is 8.83. The van der Waals surface area contributed by atoms with Gasteiger partial charge in [-0.3, -0.25) is 15.0 Å². The summed E-state index contributed by atoms with van der Waals surface area (Å²) in [6.07, 6.45) is 16.1. The minimum Gasteiger partial charge on any atom is -0.456 e. The van der Waals surface area contributed by atoms with Crippen LogP contribution in [-0.2, 0) is 42.3 Å². The summed E-state index contributed by atoms with van der Waals surface area (Å²) in [7, 11) is 11.7. The molecule has 24 rings (SSSR count). The molecule has 0 amide bonds. The van der Waals surface area contributed by atoms with E-state index < -0.39 is 83.3 Å². The van der Waals surface area contributed by atoms with Crippen molar-refractivity contribution in [1.82, 2.24) is 29.9 Å². The van der Waals surface area contributed by atoms with Crippen molar-refractivity contribution in [1.29, 1.82) is 0 Å². The van der Waals surface area contributed by atoms with Gasteiger partial charge in [-0.2, -0.15) is 0 Å². The zero-order valence-electron chi connectivity index (χ0n) is 116. The molecule has 24 aromatic rings. The first-order valence-corrected chi connectivity index (χ1v) is 49.5. The lowest BCUT2D eigenvalue weighted by molar-refractivity contribution is -0.660. The summed E-state index contributed by atoms with van der Waals surface area (Å²) in [4.78, 5) is 26.5. The van der Waals surface area contributed by atoms with Gasteiger partial charge in [0, 0.05) is 207 Å². The van der Waals surface area contributed by atoms with Crippen LogP contribution in [0.5, 0.6) is 0 Å². The fourth-order valence-corrected chi connectivity index (χ4v) is 20.0. The Bertz CT molecular complexity index is 10400. The van der Waals surface area contributed by atoms with Crippen molar-refractivity contribution in [3.63, 3.8) is 0 Å². The standard InChI is InChI=1S/6C22H23N2O/c1-13(2)19-8-7-16-18-10-15(4)17(11-21(18)25-22(16)23-19)20-9-6-14(3)12-24(20)5;1-13(2)18-7-9-20-22(23-18)17-10-15(4)16(11-21(17)25-20)19-8-6-14(3)12-24(19)5;2*1-13(2)19-9-18-17-8-15(4)16(10-21(17)25-22(18)11-23-19)20-7-6-14(3)12-24(20)5;1-13(2)19-10-22-18(11-23-19)17-8-15(4)16(9-21(17)25-22)20-7-6-14(3)12-24(20)5;1-13(2)19-20(17-11-10-14(3)12-24(17)5)15(4)23-21-16-8-6-7-9-18(16)25-22(19)21/h6*6-13H,1-5H3/q6*+1/i1D3,3D3,13D;1D3,13D;1D3,3D3,13D;2*1D3,13D;13D. The van der Waals surface area contributed by atoms with Crippen LogP contribution in [0.2, 0.25) is 0 Å². The van der Waals surface area contributed by atoms with Gasteiger partial charge in [0.15, 0.2) is 59.5 Å². The van der Waals surface area contributed by atoms with E-state index in [1.807, 2.05) is 149 Å². The molecule has 0 aliphatic carbocycles. The number of para-hydroxylation sites is 1. The summed E-state index contributed by atoms with van der Waals surface area (Å²) >= 11 is 0. The summed E-state index contributed by atoms with van der Waals surface area (Å²) in [5.41, 5.74) is 33.7. The van der Waals surface area contributed by atoms with Gasteiger partial charge in [0.25, 0.3) is 0 Å². The lowest BCUT2D eigenvalue weighted by Crippen LogP contribution is -2.31. The first-order valence-electron chi connectivity index (χ1n) is 63.0. The fourth-order valence-electron chi connectivity index (χ4n) is 20.0. The van der Waals surface area contributed by atoms with Crippen LogP contribution in [-0.4, -0.2) is 29.9 Å². The van der Waals surface area contributed by atoms with Gasteiger partial charge in [-0.1, -0.05) is 94.9 Å². The normalized spacial score (nSPS) is 17.0. The zero-order valence-corrected chi connectivity index (χ0v) is 88.6. The molecule has 0 aliphatic rings. The first kappa shape index (κ1) is 73.9. The predicted octanol–water partition coefficient (Wildman–Crippen LogP) is 31.3. The molecule has 5 unspecified atom stereocenters. The molecule has 150 heavy (non-hydrogen) atoms. The van der Waals surface area contributed by atoms with Crippen molar-refractivity contribution >= 4 is 132 Å². The third-order valence-electron chi connectivity index (χ3n) is 27.6. The van der Waals surface area contributed by atoms with E-state index in [1.165, 1.54) is 69.3 Å². The van der Waals surface area contributed by atoms with Crippen LogP contribution in [0.15, 0.2) is 282 Å².